The molecule has 110 valence electrons. The summed E-state index contributed by atoms with van der Waals surface area (Å²) in [7, 11) is 0. The van der Waals surface area contributed by atoms with Crippen molar-refractivity contribution in [3.05, 3.63) is 29.1 Å². The van der Waals surface area contributed by atoms with E-state index in [9.17, 15) is 4.39 Å². The first-order valence-electron chi connectivity index (χ1n) is 7.90. The van der Waals surface area contributed by atoms with E-state index in [1.807, 2.05) is 19.9 Å². The smallest absolute Gasteiger partial charge is 0.126 e. The molecule has 2 aliphatic rings. The summed E-state index contributed by atoms with van der Waals surface area (Å²) in [6, 6.07) is 4.17. The molecular formula is C17H25FN2. The molecule has 0 spiro atoms. The molecule has 20 heavy (non-hydrogen) atoms. The van der Waals surface area contributed by atoms with Gasteiger partial charge in [0.15, 0.2) is 0 Å². The molecule has 1 aromatic rings. The monoisotopic (exact) mass is 276 g/mol. The van der Waals surface area contributed by atoms with Crippen LogP contribution < -0.4 is 10.6 Å². The molecule has 0 radical (unpaired) electrons. The Bertz CT molecular complexity index is 498. The predicted molar refractivity (Wildman–Crippen MR) is 81.4 cm³/mol. The van der Waals surface area contributed by atoms with Gasteiger partial charge in [0.1, 0.15) is 5.82 Å². The second-order valence-corrected chi connectivity index (χ2v) is 6.54. The van der Waals surface area contributed by atoms with Gasteiger partial charge in [-0.15, -0.1) is 0 Å². The molecule has 2 fully saturated rings. The Hall–Kier alpha value is -1.09. The second-order valence-electron chi connectivity index (χ2n) is 6.54. The summed E-state index contributed by atoms with van der Waals surface area (Å²) >= 11 is 0. The molecule has 0 amide bonds. The Morgan fingerprint density at radius 1 is 1.25 bits per heavy atom. The summed E-state index contributed by atoms with van der Waals surface area (Å²) in [4.78, 5) is 2.51. The minimum atomic E-state index is -0.138. The van der Waals surface area contributed by atoms with Crippen LogP contribution in [-0.2, 0) is 0 Å². The highest BCUT2D eigenvalue weighted by molar-refractivity contribution is 5.58. The van der Waals surface area contributed by atoms with Gasteiger partial charge in [-0.3, -0.25) is 0 Å². The maximum Gasteiger partial charge on any atom is 0.126 e. The van der Waals surface area contributed by atoms with Crippen molar-refractivity contribution < 1.29 is 4.39 Å². The second kappa shape index (κ2) is 5.36. The Morgan fingerprint density at radius 2 is 2.00 bits per heavy atom. The van der Waals surface area contributed by atoms with Gasteiger partial charge in [-0.2, -0.15) is 0 Å². The van der Waals surface area contributed by atoms with Gasteiger partial charge in [0.05, 0.1) is 0 Å². The van der Waals surface area contributed by atoms with E-state index in [1.54, 1.807) is 6.07 Å². The van der Waals surface area contributed by atoms with Crippen molar-refractivity contribution in [2.75, 3.05) is 11.4 Å². The number of anilines is 1. The van der Waals surface area contributed by atoms with E-state index in [0.29, 0.717) is 6.04 Å². The maximum absolute atomic E-state index is 13.9. The quantitative estimate of drug-likeness (QED) is 0.887. The highest BCUT2D eigenvalue weighted by Crippen LogP contribution is 2.41. The van der Waals surface area contributed by atoms with E-state index in [-0.39, 0.29) is 11.9 Å². The zero-order valence-corrected chi connectivity index (χ0v) is 12.5. The lowest BCUT2D eigenvalue weighted by Gasteiger charge is -2.35. The maximum atomic E-state index is 13.9. The summed E-state index contributed by atoms with van der Waals surface area (Å²) in [5, 5.41) is 0. The standard InChI is InChI=1S/C17H25FN2/c1-11-9-17(14(12(2)19)10-15(11)18)20-8-7-13-5-3-4-6-16(13)20/h9-10,12-13,16H,3-8,19H2,1-2H3. The molecule has 1 aliphatic carbocycles. The van der Waals surface area contributed by atoms with Crippen molar-refractivity contribution in [3.63, 3.8) is 0 Å². The SMILES string of the molecule is Cc1cc(N2CCC3CCCCC32)c(C(C)N)cc1F. The Balaban J connectivity index is 1.98. The van der Waals surface area contributed by atoms with E-state index < -0.39 is 0 Å². The van der Waals surface area contributed by atoms with Crippen LogP contribution in [0.25, 0.3) is 0 Å². The third-order valence-electron chi connectivity index (χ3n) is 5.12. The fourth-order valence-corrected chi connectivity index (χ4v) is 4.00. The molecule has 2 N–H and O–H groups in total. The molecule has 0 aromatic heterocycles. The van der Waals surface area contributed by atoms with Gasteiger partial charge in [-0.25, -0.2) is 4.39 Å². The lowest BCUT2D eigenvalue weighted by molar-refractivity contribution is 0.342. The Labute approximate surface area is 121 Å². The molecule has 3 heteroatoms. The minimum absolute atomic E-state index is 0.122. The molecule has 3 unspecified atom stereocenters. The number of benzene rings is 1. The lowest BCUT2D eigenvalue weighted by atomic mass is 9.85. The zero-order valence-electron chi connectivity index (χ0n) is 12.5. The van der Waals surface area contributed by atoms with Crippen LogP contribution in [0.15, 0.2) is 12.1 Å². The third-order valence-corrected chi connectivity index (χ3v) is 5.12. The average Bonchev–Trinajstić information content (AvgIpc) is 2.85. The number of aryl methyl sites for hydroxylation is 1. The van der Waals surface area contributed by atoms with Crippen LogP contribution >= 0.6 is 0 Å². The zero-order chi connectivity index (χ0) is 14.3. The first kappa shape index (κ1) is 13.9. The normalized spacial score (nSPS) is 27.5. The molecule has 3 rings (SSSR count). The minimum Gasteiger partial charge on any atom is -0.368 e. The number of nitrogens with zero attached hydrogens (tertiary/aromatic N) is 1. The number of hydrogen-bond donors (Lipinski definition) is 1. The average molecular weight is 276 g/mol. The number of rotatable bonds is 2. The fourth-order valence-electron chi connectivity index (χ4n) is 4.00. The summed E-state index contributed by atoms with van der Waals surface area (Å²) < 4.78 is 13.9. The van der Waals surface area contributed by atoms with Crippen molar-refractivity contribution in [1.82, 2.24) is 0 Å². The first-order valence-corrected chi connectivity index (χ1v) is 7.90. The van der Waals surface area contributed by atoms with Gasteiger partial charge in [-0.1, -0.05) is 12.8 Å². The van der Waals surface area contributed by atoms with Crippen molar-refractivity contribution in [2.45, 2.75) is 58.0 Å². The van der Waals surface area contributed by atoms with Crippen LogP contribution in [0.2, 0.25) is 0 Å². The van der Waals surface area contributed by atoms with Crippen molar-refractivity contribution >= 4 is 5.69 Å². The molecule has 1 aliphatic heterocycles. The van der Waals surface area contributed by atoms with E-state index >= 15 is 0 Å². The molecule has 1 saturated heterocycles. The van der Waals surface area contributed by atoms with Crippen molar-refractivity contribution in [2.24, 2.45) is 11.7 Å². The summed E-state index contributed by atoms with van der Waals surface area (Å²) in [5.41, 5.74) is 8.93. The molecule has 1 aromatic carbocycles. The van der Waals surface area contributed by atoms with Crippen LogP contribution in [0.4, 0.5) is 10.1 Å². The first-order chi connectivity index (χ1) is 9.58. The van der Waals surface area contributed by atoms with Crippen LogP contribution in [0.3, 0.4) is 0 Å². The topological polar surface area (TPSA) is 29.3 Å². The van der Waals surface area contributed by atoms with E-state index in [1.165, 1.54) is 37.8 Å². The van der Waals surface area contributed by atoms with E-state index in [4.69, 9.17) is 5.73 Å². The van der Waals surface area contributed by atoms with Gasteiger partial charge in [0.2, 0.25) is 0 Å². The third kappa shape index (κ3) is 2.32. The molecule has 1 heterocycles. The van der Waals surface area contributed by atoms with E-state index in [0.717, 1.165) is 23.6 Å². The Morgan fingerprint density at radius 3 is 2.75 bits per heavy atom. The van der Waals surface area contributed by atoms with Gasteiger partial charge in [0.25, 0.3) is 0 Å². The van der Waals surface area contributed by atoms with Crippen molar-refractivity contribution in [3.8, 4) is 0 Å². The van der Waals surface area contributed by atoms with Crippen LogP contribution in [-0.4, -0.2) is 12.6 Å². The Kier molecular flexibility index (Phi) is 3.72. The van der Waals surface area contributed by atoms with Gasteiger partial charge in [0, 0.05) is 24.3 Å². The molecule has 0 bridgehead atoms. The highest BCUT2D eigenvalue weighted by atomic mass is 19.1. The number of nitrogens with two attached hydrogens (primary N) is 1. The number of halogens is 1. The highest BCUT2D eigenvalue weighted by Gasteiger charge is 2.36. The largest absolute Gasteiger partial charge is 0.368 e. The molecule has 2 nitrogen and oxygen atoms in total. The molecule has 3 atom stereocenters. The predicted octanol–water partition coefficient (Wildman–Crippen LogP) is 3.92. The molecule has 1 saturated carbocycles. The molecular weight excluding hydrogens is 251 g/mol. The summed E-state index contributed by atoms with van der Waals surface area (Å²) in [5.74, 6) is 0.690. The van der Waals surface area contributed by atoms with Gasteiger partial charge >= 0.3 is 0 Å². The van der Waals surface area contributed by atoms with Crippen LogP contribution in [0, 0.1) is 18.7 Å². The lowest BCUT2D eigenvalue weighted by Crippen LogP contribution is -2.35. The van der Waals surface area contributed by atoms with Crippen molar-refractivity contribution in [1.29, 1.82) is 0 Å². The van der Waals surface area contributed by atoms with Gasteiger partial charge in [-0.05, 0) is 62.3 Å². The van der Waals surface area contributed by atoms with Crippen LogP contribution in [0.5, 0.6) is 0 Å². The van der Waals surface area contributed by atoms with E-state index in [2.05, 4.69) is 4.90 Å². The number of fused-ring (bicyclic) bond motifs is 1. The van der Waals surface area contributed by atoms with Crippen LogP contribution in [0.1, 0.15) is 56.2 Å². The number of hydrogen-bond acceptors (Lipinski definition) is 2. The van der Waals surface area contributed by atoms with Gasteiger partial charge < -0.3 is 10.6 Å². The summed E-state index contributed by atoms with van der Waals surface area (Å²) in [6.07, 6.45) is 6.61. The fraction of sp³-hybridized carbons (Fsp3) is 0.647. The summed E-state index contributed by atoms with van der Waals surface area (Å²) in [6.45, 7) is 4.89.